The van der Waals surface area contributed by atoms with Crippen molar-refractivity contribution < 1.29 is 19.0 Å². The minimum absolute atomic E-state index is 0.244. The fraction of sp³-hybridized carbons (Fsp3) is 0.562. The summed E-state index contributed by atoms with van der Waals surface area (Å²) in [5.41, 5.74) is 6.45. The first-order valence-electron chi connectivity index (χ1n) is 8.14. The maximum absolute atomic E-state index is 12.5. The van der Waals surface area contributed by atoms with Crippen LogP contribution in [0.5, 0.6) is 11.5 Å². The quantitative estimate of drug-likeness (QED) is 0.637. The monoisotopic (exact) mass is 353 g/mol. The second-order valence-corrected chi connectivity index (χ2v) is 6.67. The Kier molecular flexibility index (Phi) is 4.15. The molecule has 1 atom stereocenters. The number of hydrogen-bond acceptors (Lipinski definition) is 7. The highest BCUT2D eigenvalue weighted by atomic mass is 35.5. The van der Waals surface area contributed by atoms with E-state index in [1.165, 1.54) is 6.07 Å². The number of hydrogen-bond donors (Lipinski definition) is 1. The van der Waals surface area contributed by atoms with E-state index >= 15 is 0 Å². The zero-order valence-corrected chi connectivity index (χ0v) is 14.1. The Balaban J connectivity index is 1.49. The number of rotatable bonds is 3. The van der Waals surface area contributed by atoms with Gasteiger partial charge < -0.3 is 19.9 Å². The van der Waals surface area contributed by atoms with Crippen LogP contribution in [0, 0.1) is 0 Å². The number of benzene rings is 1. The molecule has 3 fully saturated rings. The summed E-state index contributed by atoms with van der Waals surface area (Å²) < 4.78 is 16.6. The normalized spacial score (nSPS) is 27.8. The first-order valence-corrected chi connectivity index (χ1v) is 8.52. The Morgan fingerprint density at radius 3 is 2.62 bits per heavy atom. The van der Waals surface area contributed by atoms with E-state index < -0.39 is 5.97 Å². The van der Waals surface area contributed by atoms with Gasteiger partial charge in [0.25, 0.3) is 0 Å². The molecule has 1 aromatic carbocycles. The number of nitrogen functional groups attached to an aromatic ring is 1. The molecule has 4 aliphatic rings. The van der Waals surface area contributed by atoms with Gasteiger partial charge in [0.2, 0.25) is 0 Å². The summed E-state index contributed by atoms with van der Waals surface area (Å²) in [5.74, 6) is 0.186. The van der Waals surface area contributed by atoms with Crippen LogP contribution < -0.4 is 15.2 Å². The molecule has 0 amide bonds. The third-order valence-corrected chi connectivity index (χ3v) is 5.13. The van der Waals surface area contributed by atoms with Crippen LogP contribution in [-0.2, 0) is 4.74 Å². The molecule has 8 heteroatoms. The summed E-state index contributed by atoms with van der Waals surface area (Å²) >= 11 is 6.11. The standard InChI is InChI=1S/C16H20ClN3O4/c17-12-7-11(14-15(13(12)18)23-6-5-22-14)16(21)24-9-10-8-19-1-3-20(10)4-2-19/h7,10H,1-6,8-9,18H2. The third-order valence-electron chi connectivity index (χ3n) is 4.82. The maximum Gasteiger partial charge on any atom is 0.342 e. The molecule has 3 saturated heterocycles. The van der Waals surface area contributed by atoms with E-state index in [-0.39, 0.29) is 22.3 Å². The van der Waals surface area contributed by atoms with Crippen molar-refractivity contribution in [1.29, 1.82) is 0 Å². The molecule has 2 bridgehead atoms. The predicted molar refractivity (Wildman–Crippen MR) is 88.9 cm³/mol. The van der Waals surface area contributed by atoms with E-state index in [2.05, 4.69) is 9.80 Å². The zero-order chi connectivity index (χ0) is 16.7. The molecule has 7 nitrogen and oxygen atoms in total. The molecule has 1 aromatic rings. The van der Waals surface area contributed by atoms with Gasteiger partial charge >= 0.3 is 5.97 Å². The number of nitrogens with two attached hydrogens (primary N) is 1. The van der Waals surface area contributed by atoms with Gasteiger partial charge in [0.1, 0.15) is 25.4 Å². The van der Waals surface area contributed by atoms with Crippen LogP contribution in [0.25, 0.3) is 0 Å². The van der Waals surface area contributed by atoms with Gasteiger partial charge in [-0.3, -0.25) is 9.80 Å². The second kappa shape index (κ2) is 6.31. The topological polar surface area (TPSA) is 77.3 Å². The van der Waals surface area contributed by atoms with E-state index in [1.807, 2.05) is 0 Å². The van der Waals surface area contributed by atoms with E-state index in [1.54, 1.807) is 0 Å². The van der Waals surface area contributed by atoms with Crippen molar-refractivity contribution in [2.45, 2.75) is 6.04 Å². The molecule has 4 aliphatic heterocycles. The Hall–Kier alpha value is -1.70. The molecule has 0 radical (unpaired) electrons. The minimum atomic E-state index is -0.462. The van der Waals surface area contributed by atoms with Gasteiger partial charge in [-0.1, -0.05) is 11.6 Å². The average Bonchev–Trinajstić information content (AvgIpc) is 2.64. The van der Waals surface area contributed by atoms with Crippen LogP contribution in [-0.4, -0.2) is 74.4 Å². The molecule has 1 unspecified atom stereocenters. The van der Waals surface area contributed by atoms with Crippen LogP contribution in [0.1, 0.15) is 10.4 Å². The molecule has 4 heterocycles. The van der Waals surface area contributed by atoms with Gasteiger partial charge in [-0.15, -0.1) is 0 Å². The molecule has 130 valence electrons. The molecule has 5 rings (SSSR count). The summed E-state index contributed by atoms with van der Waals surface area (Å²) in [6.07, 6.45) is 0. The lowest BCUT2D eigenvalue weighted by atomic mass is 10.1. The third kappa shape index (κ3) is 2.76. The molecular formula is C16H20ClN3O4. The molecular weight excluding hydrogens is 334 g/mol. The molecule has 0 aliphatic carbocycles. The number of piperazine rings is 3. The molecule has 0 spiro atoms. The van der Waals surface area contributed by atoms with Crippen molar-refractivity contribution in [3.8, 4) is 11.5 Å². The Labute approximate surface area is 145 Å². The molecule has 24 heavy (non-hydrogen) atoms. The zero-order valence-electron chi connectivity index (χ0n) is 13.3. The lowest BCUT2D eigenvalue weighted by molar-refractivity contribution is -0.0217. The van der Waals surface area contributed by atoms with Gasteiger partial charge in [-0.2, -0.15) is 0 Å². The Morgan fingerprint density at radius 1 is 1.25 bits per heavy atom. The number of carbonyl (C=O) groups is 1. The van der Waals surface area contributed by atoms with Gasteiger partial charge in [-0.05, 0) is 6.07 Å². The highest BCUT2D eigenvalue weighted by Crippen LogP contribution is 2.43. The van der Waals surface area contributed by atoms with Crippen LogP contribution in [0.3, 0.4) is 0 Å². The van der Waals surface area contributed by atoms with Crippen molar-refractivity contribution in [2.24, 2.45) is 0 Å². The number of fused-ring (bicyclic) bond motifs is 4. The lowest BCUT2D eigenvalue weighted by Crippen LogP contribution is -2.62. The van der Waals surface area contributed by atoms with Crippen LogP contribution in [0.4, 0.5) is 5.69 Å². The molecule has 2 N–H and O–H groups in total. The van der Waals surface area contributed by atoms with Crippen molar-refractivity contribution in [2.75, 3.05) is 58.3 Å². The fourth-order valence-electron chi connectivity index (χ4n) is 3.48. The second-order valence-electron chi connectivity index (χ2n) is 6.26. The average molecular weight is 354 g/mol. The smallest absolute Gasteiger partial charge is 0.342 e. The highest BCUT2D eigenvalue weighted by Gasteiger charge is 2.33. The largest absolute Gasteiger partial charge is 0.485 e. The summed E-state index contributed by atoms with van der Waals surface area (Å²) in [6.45, 7) is 6.27. The number of carbonyl (C=O) groups excluding carboxylic acids is 1. The number of ether oxygens (including phenoxy) is 3. The number of anilines is 1. The van der Waals surface area contributed by atoms with E-state index in [4.69, 9.17) is 31.5 Å². The van der Waals surface area contributed by atoms with Crippen molar-refractivity contribution in [1.82, 2.24) is 9.80 Å². The summed E-state index contributed by atoms with van der Waals surface area (Å²) in [4.78, 5) is 17.3. The van der Waals surface area contributed by atoms with Crippen LogP contribution >= 0.6 is 11.6 Å². The Bertz CT molecular complexity index is 661. The summed E-state index contributed by atoms with van der Waals surface area (Å²) in [7, 11) is 0. The predicted octanol–water partition coefficient (Wildman–Crippen LogP) is 0.850. The van der Waals surface area contributed by atoms with Gasteiger partial charge in [0.05, 0.1) is 16.8 Å². The molecule has 0 saturated carbocycles. The van der Waals surface area contributed by atoms with Gasteiger partial charge in [0.15, 0.2) is 11.5 Å². The van der Waals surface area contributed by atoms with Crippen LogP contribution in [0.15, 0.2) is 6.07 Å². The van der Waals surface area contributed by atoms with E-state index in [0.29, 0.717) is 31.3 Å². The first-order chi connectivity index (χ1) is 11.6. The molecule has 0 aromatic heterocycles. The van der Waals surface area contributed by atoms with E-state index in [0.717, 1.165) is 32.7 Å². The summed E-state index contributed by atoms with van der Waals surface area (Å²) in [6, 6.07) is 1.73. The fourth-order valence-corrected chi connectivity index (χ4v) is 3.68. The van der Waals surface area contributed by atoms with Crippen molar-refractivity contribution in [3.63, 3.8) is 0 Å². The van der Waals surface area contributed by atoms with E-state index in [9.17, 15) is 4.79 Å². The Morgan fingerprint density at radius 2 is 1.96 bits per heavy atom. The lowest BCUT2D eigenvalue weighted by Gasteiger charge is -2.47. The SMILES string of the molecule is Nc1c(Cl)cc(C(=O)OCC2CN3CCN2CC3)c2c1OCCO2. The highest BCUT2D eigenvalue weighted by molar-refractivity contribution is 6.34. The van der Waals surface area contributed by atoms with Gasteiger partial charge in [0, 0.05) is 32.7 Å². The number of esters is 1. The van der Waals surface area contributed by atoms with Crippen molar-refractivity contribution >= 4 is 23.3 Å². The summed E-state index contributed by atoms with van der Waals surface area (Å²) in [5, 5.41) is 0.262. The number of halogens is 1. The van der Waals surface area contributed by atoms with Crippen LogP contribution in [0.2, 0.25) is 5.02 Å². The van der Waals surface area contributed by atoms with Crippen molar-refractivity contribution in [3.05, 3.63) is 16.7 Å². The minimum Gasteiger partial charge on any atom is -0.485 e. The number of nitrogens with zero attached hydrogens (tertiary/aromatic N) is 2. The van der Waals surface area contributed by atoms with Gasteiger partial charge in [-0.25, -0.2) is 4.79 Å². The first kappa shape index (κ1) is 15.8. The maximum atomic E-state index is 12.5.